The van der Waals surface area contributed by atoms with Crippen molar-refractivity contribution in [2.45, 2.75) is 26.4 Å². The lowest BCUT2D eigenvalue weighted by Gasteiger charge is -2.25. The molecule has 3 nitrogen and oxygen atoms in total. The molecule has 2 aromatic rings. The average Bonchev–Trinajstić information content (AvgIpc) is 2.53. The second-order valence-corrected chi connectivity index (χ2v) is 5.91. The maximum Gasteiger partial charge on any atom is 0.227 e. The first-order valence-corrected chi connectivity index (χ1v) is 7.60. The van der Waals surface area contributed by atoms with Gasteiger partial charge in [-0.05, 0) is 18.1 Å². The quantitative estimate of drug-likeness (QED) is 0.907. The number of rotatable bonds is 5. The van der Waals surface area contributed by atoms with Crippen LogP contribution in [0.15, 0.2) is 54.6 Å². The molecule has 0 fully saturated rings. The normalized spacial score (nSPS) is 12.9. The van der Waals surface area contributed by atoms with Crippen LogP contribution in [0.25, 0.3) is 0 Å². The number of nitrogens with zero attached hydrogens (tertiary/aromatic N) is 1. The number of nitrogens with two attached hydrogens (primary N) is 1. The van der Waals surface area contributed by atoms with Crippen LogP contribution >= 0.6 is 12.4 Å². The number of halogens is 1. The van der Waals surface area contributed by atoms with E-state index >= 15 is 0 Å². The van der Waals surface area contributed by atoms with Gasteiger partial charge in [0.1, 0.15) is 0 Å². The predicted molar refractivity (Wildman–Crippen MR) is 97.4 cm³/mol. The molecule has 2 aromatic carbocycles. The Morgan fingerprint density at radius 1 is 1.13 bits per heavy atom. The molecule has 1 amide bonds. The minimum Gasteiger partial charge on any atom is -0.341 e. The van der Waals surface area contributed by atoms with Crippen LogP contribution in [0.3, 0.4) is 0 Å². The summed E-state index contributed by atoms with van der Waals surface area (Å²) in [5.74, 6) is -0.185. The molecule has 0 spiro atoms. The van der Waals surface area contributed by atoms with Gasteiger partial charge >= 0.3 is 0 Å². The SMILES string of the molecule is Cc1cccc(CN(C)C(=O)C(C)C(N)c2ccccc2)c1.Cl. The van der Waals surface area contributed by atoms with Gasteiger partial charge in [0, 0.05) is 19.6 Å². The van der Waals surface area contributed by atoms with Gasteiger partial charge in [0.05, 0.1) is 5.92 Å². The van der Waals surface area contributed by atoms with Crippen LogP contribution in [0.1, 0.15) is 29.7 Å². The standard InChI is InChI=1S/C19H24N2O.ClH/c1-14-8-7-9-16(12-14)13-21(3)19(22)15(2)18(20)17-10-5-4-6-11-17;/h4-12,15,18H,13,20H2,1-3H3;1H. The molecule has 0 aliphatic carbocycles. The first-order valence-electron chi connectivity index (χ1n) is 7.60. The summed E-state index contributed by atoms with van der Waals surface area (Å²) in [4.78, 5) is 14.3. The van der Waals surface area contributed by atoms with Gasteiger partial charge in [-0.1, -0.05) is 67.1 Å². The van der Waals surface area contributed by atoms with Crippen LogP contribution in [0.2, 0.25) is 0 Å². The van der Waals surface area contributed by atoms with Gasteiger partial charge in [0.15, 0.2) is 0 Å². The second kappa shape index (κ2) is 8.70. The number of benzene rings is 2. The molecule has 0 aliphatic rings. The van der Waals surface area contributed by atoms with Crippen LogP contribution in [-0.4, -0.2) is 17.9 Å². The molecule has 2 unspecified atom stereocenters. The zero-order chi connectivity index (χ0) is 16.1. The van der Waals surface area contributed by atoms with E-state index in [2.05, 4.69) is 19.1 Å². The van der Waals surface area contributed by atoms with Gasteiger partial charge in [-0.2, -0.15) is 0 Å². The van der Waals surface area contributed by atoms with Gasteiger partial charge < -0.3 is 10.6 Å². The van der Waals surface area contributed by atoms with Crippen molar-refractivity contribution in [2.24, 2.45) is 11.7 Å². The summed E-state index contributed by atoms with van der Waals surface area (Å²) in [5, 5.41) is 0. The fourth-order valence-corrected chi connectivity index (χ4v) is 2.63. The monoisotopic (exact) mass is 332 g/mol. The first kappa shape index (κ1) is 19.2. The predicted octanol–water partition coefficient (Wildman–Crippen LogP) is 3.71. The van der Waals surface area contributed by atoms with Crippen LogP contribution in [-0.2, 0) is 11.3 Å². The number of hydrogen-bond donors (Lipinski definition) is 1. The molecule has 4 heteroatoms. The molecule has 2 N–H and O–H groups in total. The summed E-state index contributed by atoms with van der Waals surface area (Å²) in [5.41, 5.74) is 9.58. The minimum absolute atomic E-state index is 0. The minimum atomic E-state index is -0.284. The van der Waals surface area contributed by atoms with Crippen molar-refractivity contribution in [3.63, 3.8) is 0 Å². The summed E-state index contributed by atoms with van der Waals surface area (Å²) in [7, 11) is 1.83. The van der Waals surface area contributed by atoms with E-state index in [0.29, 0.717) is 6.54 Å². The van der Waals surface area contributed by atoms with Crippen molar-refractivity contribution >= 4 is 18.3 Å². The van der Waals surface area contributed by atoms with E-state index in [4.69, 9.17) is 5.73 Å². The number of aryl methyl sites for hydroxylation is 1. The molecular weight excluding hydrogens is 308 g/mol. The zero-order valence-electron chi connectivity index (χ0n) is 13.9. The molecule has 23 heavy (non-hydrogen) atoms. The van der Waals surface area contributed by atoms with E-state index in [1.165, 1.54) is 5.56 Å². The fraction of sp³-hybridized carbons (Fsp3) is 0.316. The van der Waals surface area contributed by atoms with E-state index in [1.54, 1.807) is 4.90 Å². The third-order valence-electron chi connectivity index (χ3n) is 3.99. The Balaban J connectivity index is 0.00000264. The third kappa shape index (κ3) is 5.08. The number of carbonyl (C=O) groups excluding carboxylic acids is 1. The number of carbonyl (C=O) groups is 1. The van der Waals surface area contributed by atoms with Crippen molar-refractivity contribution in [3.8, 4) is 0 Å². The van der Waals surface area contributed by atoms with E-state index in [1.807, 2.05) is 56.4 Å². The van der Waals surface area contributed by atoms with Crippen LogP contribution in [0, 0.1) is 12.8 Å². The Labute approximate surface area is 144 Å². The molecular formula is C19H25ClN2O. The molecule has 0 radical (unpaired) electrons. The summed E-state index contributed by atoms with van der Waals surface area (Å²) in [6.07, 6.45) is 0. The summed E-state index contributed by atoms with van der Waals surface area (Å²) in [6.45, 7) is 4.55. The van der Waals surface area contributed by atoms with Crippen molar-refractivity contribution in [3.05, 3.63) is 71.3 Å². The van der Waals surface area contributed by atoms with Crippen LogP contribution in [0.5, 0.6) is 0 Å². The smallest absolute Gasteiger partial charge is 0.227 e. The summed E-state index contributed by atoms with van der Waals surface area (Å²) < 4.78 is 0. The lowest BCUT2D eigenvalue weighted by molar-refractivity contribution is -0.134. The first-order chi connectivity index (χ1) is 10.5. The van der Waals surface area contributed by atoms with E-state index in [9.17, 15) is 4.79 Å². The molecule has 0 aliphatic heterocycles. The highest BCUT2D eigenvalue weighted by atomic mass is 35.5. The Hall–Kier alpha value is -1.84. The van der Waals surface area contributed by atoms with Crippen LogP contribution in [0.4, 0.5) is 0 Å². The molecule has 0 saturated heterocycles. The van der Waals surface area contributed by atoms with Crippen molar-refractivity contribution in [2.75, 3.05) is 7.05 Å². The van der Waals surface area contributed by atoms with Crippen molar-refractivity contribution < 1.29 is 4.79 Å². The van der Waals surface area contributed by atoms with Gasteiger partial charge in [-0.3, -0.25) is 4.79 Å². The Kier molecular flexibility index (Phi) is 7.27. The lowest BCUT2D eigenvalue weighted by Crippen LogP contribution is -2.36. The van der Waals surface area contributed by atoms with Crippen molar-refractivity contribution in [1.29, 1.82) is 0 Å². The van der Waals surface area contributed by atoms with E-state index in [-0.39, 0.29) is 30.3 Å². The summed E-state index contributed by atoms with van der Waals surface area (Å²) >= 11 is 0. The van der Waals surface area contributed by atoms with Crippen LogP contribution < -0.4 is 5.73 Å². The van der Waals surface area contributed by atoms with Crippen molar-refractivity contribution in [1.82, 2.24) is 4.90 Å². The molecule has 124 valence electrons. The number of hydrogen-bond acceptors (Lipinski definition) is 2. The van der Waals surface area contributed by atoms with E-state index in [0.717, 1.165) is 11.1 Å². The number of amides is 1. The molecule has 0 heterocycles. The Morgan fingerprint density at radius 2 is 1.78 bits per heavy atom. The Morgan fingerprint density at radius 3 is 2.39 bits per heavy atom. The highest BCUT2D eigenvalue weighted by molar-refractivity contribution is 5.85. The molecule has 2 atom stereocenters. The maximum atomic E-state index is 12.6. The Bertz CT molecular complexity index is 630. The topological polar surface area (TPSA) is 46.3 Å². The molecule has 0 saturated carbocycles. The zero-order valence-corrected chi connectivity index (χ0v) is 14.7. The highest BCUT2D eigenvalue weighted by Crippen LogP contribution is 2.21. The van der Waals surface area contributed by atoms with Gasteiger partial charge in [0.25, 0.3) is 0 Å². The third-order valence-corrected chi connectivity index (χ3v) is 3.99. The van der Waals surface area contributed by atoms with Gasteiger partial charge in [0.2, 0.25) is 5.91 Å². The maximum absolute atomic E-state index is 12.6. The second-order valence-electron chi connectivity index (χ2n) is 5.91. The van der Waals surface area contributed by atoms with Gasteiger partial charge in [-0.15, -0.1) is 12.4 Å². The lowest BCUT2D eigenvalue weighted by atomic mass is 9.94. The van der Waals surface area contributed by atoms with Gasteiger partial charge in [-0.25, -0.2) is 0 Å². The largest absolute Gasteiger partial charge is 0.341 e. The fourth-order valence-electron chi connectivity index (χ4n) is 2.63. The molecule has 0 aromatic heterocycles. The summed E-state index contributed by atoms with van der Waals surface area (Å²) in [6, 6.07) is 17.7. The highest BCUT2D eigenvalue weighted by Gasteiger charge is 2.24. The molecule has 2 rings (SSSR count). The van der Waals surface area contributed by atoms with E-state index < -0.39 is 0 Å². The average molecular weight is 333 g/mol. The molecule has 0 bridgehead atoms.